The van der Waals surface area contributed by atoms with E-state index in [9.17, 15) is 0 Å². The number of rotatable bonds is 5. The standard InChI is InChI=1S/C13H17BrN2OS/c14-10-1-2-11(13(15)18)12(7-10)16-5-3-9-4-6-17-8-9/h1-2,7,9,16H,3-6,8H2,(H2,15,18). The van der Waals surface area contributed by atoms with Crippen LogP contribution < -0.4 is 11.1 Å². The van der Waals surface area contributed by atoms with Crippen LogP contribution in [0.3, 0.4) is 0 Å². The van der Waals surface area contributed by atoms with Gasteiger partial charge in [-0.05, 0) is 37.0 Å². The summed E-state index contributed by atoms with van der Waals surface area (Å²) in [6.07, 6.45) is 2.28. The first-order valence-electron chi connectivity index (χ1n) is 6.08. The Morgan fingerprint density at radius 1 is 1.56 bits per heavy atom. The van der Waals surface area contributed by atoms with Crippen LogP contribution in [0.4, 0.5) is 5.69 Å². The van der Waals surface area contributed by atoms with Crippen LogP contribution in [0.25, 0.3) is 0 Å². The predicted octanol–water partition coefficient (Wildman–Crippen LogP) is 2.92. The van der Waals surface area contributed by atoms with Crippen molar-refractivity contribution < 1.29 is 4.74 Å². The highest BCUT2D eigenvalue weighted by Crippen LogP contribution is 2.22. The smallest absolute Gasteiger partial charge is 0.106 e. The van der Waals surface area contributed by atoms with Gasteiger partial charge in [0.2, 0.25) is 0 Å². The molecule has 1 atom stereocenters. The van der Waals surface area contributed by atoms with Crippen LogP contribution in [0, 0.1) is 5.92 Å². The fraction of sp³-hybridized carbons (Fsp3) is 0.462. The highest BCUT2D eigenvalue weighted by atomic mass is 79.9. The second-order valence-electron chi connectivity index (χ2n) is 4.50. The molecule has 1 aliphatic heterocycles. The summed E-state index contributed by atoms with van der Waals surface area (Å²) in [5.41, 5.74) is 7.61. The molecule has 1 aromatic rings. The van der Waals surface area contributed by atoms with Crippen LogP contribution in [0.15, 0.2) is 22.7 Å². The van der Waals surface area contributed by atoms with E-state index in [1.807, 2.05) is 18.2 Å². The minimum atomic E-state index is 0.425. The summed E-state index contributed by atoms with van der Waals surface area (Å²) in [4.78, 5) is 0.425. The summed E-state index contributed by atoms with van der Waals surface area (Å²) >= 11 is 8.51. The Morgan fingerprint density at radius 3 is 3.06 bits per heavy atom. The van der Waals surface area contributed by atoms with Crippen LogP contribution >= 0.6 is 28.1 Å². The van der Waals surface area contributed by atoms with Crippen LogP contribution in [-0.4, -0.2) is 24.7 Å². The fourth-order valence-electron chi connectivity index (χ4n) is 2.10. The van der Waals surface area contributed by atoms with Gasteiger partial charge in [0.1, 0.15) is 4.99 Å². The van der Waals surface area contributed by atoms with E-state index in [-0.39, 0.29) is 0 Å². The molecule has 1 fully saturated rings. The van der Waals surface area contributed by atoms with Crippen molar-refractivity contribution in [3.8, 4) is 0 Å². The lowest BCUT2D eigenvalue weighted by atomic mass is 10.1. The molecule has 0 amide bonds. The maximum Gasteiger partial charge on any atom is 0.106 e. The molecule has 1 unspecified atom stereocenters. The molecule has 1 saturated heterocycles. The second kappa shape index (κ2) is 6.50. The number of thiocarbonyl (C=S) groups is 1. The van der Waals surface area contributed by atoms with Gasteiger partial charge >= 0.3 is 0 Å². The Kier molecular flexibility index (Phi) is 4.97. The monoisotopic (exact) mass is 328 g/mol. The van der Waals surface area contributed by atoms with Gasteiger partial charge in [-0.2, -0.15) is 0 Å². The lowest BCUT2D eigenvalue weighted by molar-refractivity contribution is 0.185. The molecule has 0 saturated carbocycles. The van der Waals surface area contributed by atoms with E-state index in [1.54, 1.807) is 0 Å². The Balaban J connectivity index is 1.94. The number of benzene rings is 1. The number of nitrogens with two attached hydrogens (primary N) is 1. The number of nitrogens with one attached hydrogen (secondary N) is 1. The van der Waals surface area contributed by atoms with Gasteiger partial charge in [-0.3, -0.25) is 0 Å². The highest BCUT2D eigenvalue weighted by Gasteiger charge is 2.15. The van der Waals surface area contributed by atoms with Gasteiger partial charge in [-0.25, -0.2) is 0 Å². The van der Waals surface area contributed by atoms with Gasteiger partial charge in [0.15, 0.2) is 0 Å². The zero-order chi connectivity index (χ0) is 13.0. The third-order valence-corrected chi connectivity index (χ3v) is 3.85. The summed E-state index contributed by atoms with van der Waals surface area (Å²) < 4.78 is 6.39. The van der Waals surface area contributed by atoms with E-state index in [0.29, 0.717) is 10.9 Å². The van der Waals surface area contributed by atoms with Crippen LogP contribution in [0.5, 0.6) is 0 Å². The van der Waals surface area contributed by atoms with Gasteiger partial charge in [0.05, 0.1) is 0 Å². The number of ether oxygens (including phenoxy) is 1. The molecule has 5 heteroatoms. The first kappa shape index (κ1) is 13.8. The van der Waals surface area contributed by atoms with Crippen molar-refractivity contribution in [3.63, 3.8) is 0 Å². The van der Waals surface area contributed by atoms with Crippen molar-refractivity contribution in [2.24, 2.45) is 11.7 Å². The molecular formula is C13H17BrN2OS. The normalized spacial score (nSPS) is 18.8. The van der Waals surface area contributed by atoms with Crippen molar-refractivity contribution >= 4 is 38.8 Å². The van der Waals surface area contributed by atoms with E-state index in [4.69, 9.17) is 22.7 Å². The summed E-state index contributed by atoms with van der Waals surface area (Å²) in [5.74, 6) is 0.679. The van der Waals surface area contributed by atoms with Gasteiger partial charge in [0, 0.05) is 35.5 Å². The molecule has 0 aliphatic carbocycles. The summed E-state index contributed by atoms with van der Waals surface area (Å²) in [6.45, 7) is 2.71. The van der Waals surface area contributed by atoms with E-state index < -0.39 is 0 Å². The van der Waals surface area contributed by atoms with Crippen molar-refractivity contribution in [1.82, 2.24) is 0 Å². The summed E-state index contributed by atoms with van der Waals surface area (Å²) in [5, 5.41) is 3.41. The molecule has 3 nitrogen and oxygen atoms in total. The van der Waals surface area contributed by atoms with E-state index >= 15 is 0 Å². The Hall–Kier alpha value is -0.650. The Labute approximate surface area is 121 Å². The SMILES string of the molecule is NC(=S)c1ccc(Br)cc1NCCC1CCOC1. The molecule has 0 radical (unpaired) electrons. The van der Waals surface area contributed by atoms with Crippen LogP contribution in [-0.2, 0) is 4.74 Å². The summed E-state index contributed by atoms with van der Waals surface area (Å²) in [7, 11) is 0. The molecule has 98 valence electrons. The minimum Gasteiger partial charge on any atom is -0.389 e. The number of hydrogen-bond donors (Lipinski definition) is 2. The van der Waals surface area contributed by atoms with Gasteiger partial charge in [-0.15, -0.1) is 0 Å². The maximum absolute atomic E-state index is 5.71. The first-order valence-corrected chi connectivity index (χ1v) is 7.28. The van der Waals surface area contributed by atoms with E-state index in [2.05, 4.69) is 21.2 Å². The zero-order valence-electron chi connectivity index (χ0n) is 10.1. The molecule has 0 bridgehead atoms. The topological polar surface area (TPSA) is 47.3 Å². The molecule has 1 aliphatic rings. The van der Waals surface area contributed by atoms with Crippen molar-refractivity contribution in [1.29, 1.82) is 0 Å². The minimum absolute atomic E-state index is 0.425. The molecule has 3 N–H and O–H groups in total. The van der Waals surface area contributed by atoms with Crippen LogP contribution in [0.2, 0.25) is 0 Å². The molecule has 1 aromatic carbocycles. The average molecular weight is 329 g/mol. The van der Waals surface area contributed by atoms with Crippen molar-refractivity contribution in [3.05, 3.63) is 28.2 Å². The molecule has 18 heavy (non-hydrogen) atoms. The highest BCUT2D eigenvalue weighted by molar-refractivity contribution is 9.10. The van der Waals surface area contributed by atoms with Crippen LogP contribution in [0.1, 0.15) is 18.4 Å². The zero-order valence-corrected chi connectivity index (χ0v) is 12.5. The fourth-order valence-corrected chi connectivity index (χ4v) is 2.64. The Morgan fingerprint density at radius 2 is 2.39 bits per heavy atom. The van der Waals surface area contributed by atoms with Crippen molar-refractivity contribution in [2.45, 2.75) is 12.8 Å². The quantitative estimate of drug-likeness (QED) is 0.816. The van der Waals surface area contributed by atoms with Gasteiger partial charge in [-0.1, -0.05) is 28.1 Å². The lowest BCUT2D eigenvalue weighted by Crippen LogP contribution is -2.15. The molecular weight excluding hydrogens is 312 g/mol. The Bertz CT molecular complexity index is 433. The lowest BCUT2D eigenvalue weighted by Gasteiger charge is -2.13. The molecule has 1 heterocycles. The average Bonchev–Trinajstić information content (AvgIpc) is 2.82. The predicted molar refractivity (Wildman–Crippen MR) is 82.1 cm³/mol. The second-order valence-corrected chi connectivity index (χ2v) is 5.85. The number of hydrogen-bond acceptors (Lipinski definition) is 3. The maximum atomic E-state index is 5.71. The van der Waals surface area contributed by atoms with Gasteiger partial charge in [0.25, 0.3) is 0 Å². The molecule has 0 spiro atoms. The van der Waals surface area contributed by atoms with Crippen molar-refractivity contribution in [2.75, 3.05) is 25.1 Å². The largest absolute Gasteiger partial charge is 0.389 e. The van der Waals surface area contributed by atoms with E-state index in [1.165, 1.54) is 6.42 Å². The van der Waals surface area contributed by atoms with Gasteiger partial charge < -0.3 is 15.8 Å². The first-order chi connectivity index (χ1) is 8.66. The summed E-state index contributed by atoms with van der Waals surface area (Å²) in [6, 6.07) is 5.90. The molecule has 2 rings (SSSR count). The van der Waals surface area contributed by atoms with E-state index in [0.717, 1.165) is 41.9 Å². The number of halogens is 1. The third kappa shape index (κ3) is 3.67. The third-order valence-electron chi connectivity index (χ3n) is 3.14. The molecule has 0 aromatic heterocycles. The number of anilines is 1.